The first-order valence-electron chi connectivity index (χ1n) is 9.97. The van der Waals surface area contributed by atoms with Crippen LogP contribution < -0.4 is 10.5 Å². The third kappa shape index (κ3) is 3.13. The predicted octanol–water partition coefficient (Wildman–Crippen LogP) is 3.66. The molecule has 3 heterocycles. The lowest BCUT2D eigenvalue weighted by atomic mass is 10.1. The molecule has 0 amide bonds. The Kier molecular flexibility index (Phi) is 4.71. The summed E-state index contributed by atoms with van der Waals surface area (Å²) < 4.78 is 26.4. The van der Waals surface area contributed by atoms with Gasteiger partial charge >= 0.3 is 0 Å². The maximum atomic E-state index is 13.6. The van der Waals surface area contributed by atoms with Crippen molar-refractivity contribution >= 4 is 28.0 Å². The molecule has 4 aromatic rings. The molecule has 0 bridgehead atoms. The fourth-order valence-corrected chi connectivity index (χ4v) is 4.11. The zero-order valence-electron chi connectivity index (χ0n) is 16.5. The van der Waals surface area contributed by atoms with Gasteiger partial charge in [-0.15, -0.1) is 0 Å². The van der Waals surface area contributed by atoms with Gasteiger partial charge in [-0.25, -0.2) is 9.37 Å². The van der Waals surface area contributed by atoms with E-state index in [2.05, 4.69) is 4.98 Å². The minimum atomic E-state index is -0.357. The number of halogens is 1. The molecule has 154 valence electrons. The van der Waals surface area contributed by atoms with Gasteiger partial charge in [0.15, 0.2) is 5.58 Å². The number of nitrogens with zero attached hydrogens (tertiary/aromatic N) is 4. The summed E-state index contributed by atoms with van der Waals surface area (Å²) >= 11 is 0. The molecule has 1 fully saturated rings. The van der Waals surface area contributed by atoms with Gasteiger partial charge in [-0.3, -0.25) is 9.36 Å². The summed E-state index contributed by atoms with van der Waals surface area (Å²) in [5.41, 5.74) is 1.58. The summed E-state index contributed by atoms with van der Waals surface area (Å²) in [6.45, 7) is 1.53. The van der Waals surface area contributed by atoms with Gasteiger partial charge < -0.3 is 14.1 Å². The second-order valence-corrected chi connectivity index (χ2v) is 7.40. The van der Waals surface area contributed by atoms with Crippen molar-refractivity contribution in [2.45, 2.75) is 25.4 Å². The average molecular weight is 408 g/mol. The Morgan fingerprint density at radius 2 is 2.07 bits per heavy atom. The standard InChI is InChI=1S/C22H21FN4O3/c1-29-12-11-27-20(24-16-6-3-2-5-15(16)21(27)28)18-7-4-10-26(18)22-25-17-13-14(23)8-9-19(17)30-22/h2-3,5-6,8-9,13,18H,4,7,10-12H2,1H3. The topological polar surface area (TPSA) is 73.4 Å². The van der Waals surface area contributed by atoms with E-state index in [-0.39, 0.29) is 17.4 Å². The molecule has 0 radical (unpaired) electrons. The highest BCUT2D eigenvalue weighted by atomic mass is 19.1. The van der Waals surface area contributed by atoms with E-state index in [1.807, 2.05) is 23.1 Å². The first-order chi connectivity index (χ1) is 14.7. The van der Waals surface area contributed by atoms with Crippen molar-refractivity contribution in [3.05, 3.63) is 64.5 Å². The Labute approximate surface area is 171 Å². The summed E-state index contributed by atoms with van der Waals surface area (Å²) in [6.07, 6.45) is 1.72. The Hall–Kier alpha value is -3.26. The third-order valence-electron chi connectivity index (χ3n) is 5.55. The van der Waals surface area contributed by atoms with Crippen LogP contribution in [-0.4, -0.2) is 34.8 Å². The Morgan fingerprint density at radius 1 is 1.20 bits per heavy atom. The van der Waals surface area contributed by atoms with Gasteiger partial charge in [-0.1, -0.05) is 12.1 Å². The molecule has 1 atom stereocenters. The smallest absolute Gasteiger partial charge is 0.299 e. The average Bonchev–Trinajstić information content (AvgIpc) is 3.39. The normalized spacial score (nSPS) is 16.7. The maximum absolute atomic E-state index is 13.6. The van der Waals surface area contributed by atoms with E-state index in [0.29, 0.717) is 53.5 Å². The van der Waals surface area contributed by atoms with E-state index in [4.69, 9.17) is 14.1 Å². The Morgan fingerprint density at radius 3 is 2.93 bits per heavy atom. The van der Waals surface area contributed by atoms with E-state index >= 15 is 0 Å². The fraction of sp³-hybridized carbons (Fsp3) is 0.318. The highest BCUT2D eigenvalue weighted by Gasteiger charge is 2.33. The van der Waals surface area contributed by atoms with Crippen LogP contribution in [0.15, 0.2) is 51.7 Å². The monoisotopic (exact) mass is 408 g/mol. The highest BCUT2D eigenvalue weighted by Crippen LogP contribution is 2.36. The van der Waals surface area contributed by atoms with Gasteiger partial charge in [0, 0.05) is 19.7 Å². The van der Waals surface area contributed by atoms with E-state index in [1.165, 1.54) is 12.1 Å². The molecule has 30 heavy (non-hydrogen) atoms. The molecule has 0 N–H and O–H groups in total. The van der Waals surface area contributed by atoms with Gasteiger partial charge in [0.25, 0.3) is 11.6 Å². The lowest BCUT2D eigenvalue weighted by molar-refractivity contribution is 0.184. The molecule has 5 rings (SSSR count). The van der Waals surface area contributed by atoms with Gasteiger partial charge in [0.1, 0.15) is 17.2 Å². The Bertz CT molecular complexity index is 1280. The number of rotatable bonds is 5. The number of benzene rings is 2. The summed E-state index contributed by atoms with van der Waals surface area (Å²) in [7, 11) is 1.61. The Balaban J connectivity index is 1.63. The second-order valence-electron chi connectivity index (χ2n) is 7.40. The van der Waals surface area contributed by atoms with Crippen LogP contribution >= 0.6 is 0 Å². The van der Waals surface area contributed by atoms with Crippen molar-refractivity contribution in [3.8, 4) is 0 Å². The van der Waals surface area contributed by atoms with Crippen LogP contribution in [0.25, 0.3) is 22.0 Å². The van der Waals surface area contributed by atoms with E-state index in [9.17, 15) is 9.18 Å². The molecule has 2 aromatic carbocycles. The number of para-hydroxylation sites is 1. The first kappa shape index (κ1) is 18.7. The molecule has 0 aliphatic carbocycles. The van der Waals surface area contributed by atoms with Crippen LogP contribution in [0.3, 0.4) is 0 Å². The van der Waals surface area contributed by atoms with Crippen LogP contribution in [0.2, 0.25) is 0 Å². The number of fused-ring (bicyclic) bond motifs is 2. The molecule has 8 heteroatoms. The van der Waals surface area contributed by atoms with Crippen molar-refractivity contribution < 1.29 is 13.5 Å². The molecular weight excluding hydrogens is 387 g/mol. The minimum Gasteiger partial charge on any atom is -0.423 e. The van der Waals surface area contributed by atoms with Crippen LogP contribution in [0, 0.1) is 5.82 Å². The lowest BCUT2D eigenvalue weighted by Gasteiger charge is -2.25. The SMILES string of the molecule is COCCn1c(C2CCCN2c2nc3cc(F)ccc3o2)nc2ccccc2c1=O. The number of hydrogen-bond donors (Lipinski definition) is 0. The molecule has 2 aromatic heterocycles. The number of anilines is 1. The summed E-state index contributed by atoms with van der Waals surface area (Å²) in [5.74, 6) is 0.312. The lowest BCUT2D eigenvalue weighted by Crippen LogP contribution is -2.33. The van der Waals surface area contributed by atoms with Gasteiger partial charge in [0.05, 0.1) is 30.1 Å². The molecule has 1 unspecified atom stereocenters. The van der Waals surface area contributed by atoms with Gasteiger partial charge in [0.2, 0.25) is 0 Å². The molecule has 1 saturated heterocycles. The summed E-state index contributed by atoms with van der Waals surface area (Å²) in [5, 5.41) is 0.583. The van der Waals surface area contributed by atoms with E-state index < -0.39 is 0 Å². The second kappa shape index (κ2) is 7.53. The van der Waals surface area contributed by atoms with E-state index in [1.54, 1.807) is 23.8 Å². The maximum Gasteiger partial charge on any atom is 0.299 e. The highest BCUT2D eigenvalue weighted by molar-refractivity contribution is 5.77. The van der Waals surface area contributed by atoms with Crippen molar-refractivity contribution in [2.75, 3.05) is 25.2 Å². The number of aromatic nitrogens is 3. The number of methoxy groups -OCH3 is 1. The molecular formula is C22H21FN4O3. The van der Waals surface area contributed by atoms with Crippen molar-refractivity contribution in [1.29, 1.82) is 0 Å². The first-order valence-corrected chi connectivity index (χ1v) is 9.97. The predicted molar refractivity (Wildman–Crippen MR) is 111 cm³/mol. The van der Waals surface area contributed by atoms with Gasteiger partial charge in [-0.05, 0) is 37.1 Å². The van der Waals surface area contributed by atoms with Crippen molar-refractivity contribution in [1.82, 2.24) is 14.5 Å². The van der Waals surface area contributed by atoms with Crippen LogP contribution in [0.1, 0.15) is 24.7 Å². The molecule has 0 saturated carbocycles. The van der Waals surface area contributed by atoms with Crippen LogP contribution in [0.5, 0.6) is 0 Å². The largest absolute Gasteiger partial charge is 0.423 e. The molecule has 0 spiro atoms. The zero-order valence-corrected chi connectivity index (χ0v) is 16.5. The molecule has 7 nitrogen and oxygen atoms in total. The minimum absolute atomic E-state index is 0.0841. The quantitative estimate of drug-likeness (QED) is 0.502. The van der Waals surface area contributed by atoms with Crippen molar-refractivity contribution in [3.63, 3.8) is 0 Å². The van der Waals surface area contributed by atoms with Crippen molar-refractivity contribution in [2.24, 2.45) is 0 Å². The van der Waals surface area contributed by atoms with Crippen LogP contribution in [-0.2, 0) is 11.3 Å². The number of oxazole rings is 1. The third-order valence-corrected chi connectivity index (χ3v) is 5.55. The van der Waals surface area contributed by atoms with Crippen LogP contribution in [0.4, 0.5) is 10.4 Å². The summed E-state index contributed by atoms with van der Waals surface area (Å²) in [6, 6.07) is 11.9. The van der Waals surface area contributed by atoms with E-state index in [0.717, 1.165) is 12.8 Å². The number of ether oxygens (including phenoxy) is 1. The molecule has 1 aliphatic heterocycles. The number of hydrogen-bond acceptors (Lipinski definition) is 6. The fourth-order valence-electron chi connectivity index (χ4n) is 4.11. The summed E-state index contributed by atoms with van der Waals surface area (Å²) in [4.78, 5) is 24.6. The van der Waals surface area contributed by atoms with Gasteiger partial charge in [-0.2, -0.15) is 4.98 Å². The zero-order chi connectivity index (χ0) is 20.7. The molecule has 1 aliphatic rings.